The maximum Gasteiger partial charge on any atom is 0.343 e. The number of hydrogen-bond acceptors (Lipinski definition) is 4. The fourth-order valence-corrected chi connectivity index (χ4v) is 1.33. The molecule has 70 valence electrons. The average molecular weight is 200 g/mol. The standard InChI is InChI=1S/C7H6NO4S/c9-13-11-7-4-2-1-3-6(7)10-5-8-12-13/h1-4H,5H2/q-1. The molecule has 5 nitrogen and oxygen atoms in total. The molecule has 0 radical (unpaired) electrons. The van der Waals surface area contributed by atoms with Crippen molar-refractivity contribution >= 4 is 11.4 Å². The number of fused-ring (bicyclic) bond motifs is 1. The first-order chi connectivity index (χ1) is 6.36. The van der Waals surface area contributed by atoms with Crippen LogP contribution in [0.1, 0.15) is 0 Å². The minimum atomic E-state index is -1.88. The lowest BCUT2D eigenvalue weighted by Gasteiger charge is -2.23. The molecule has 13 heavy (non-hydrogen) atoms. The van der Waals surface area contributed by atoms with Crippen molar-refractivity contribution in [3.05, 3.63) is 29.7 Å². The Labute approximate surface area is 77.4 Å². The summed E-state index contributed by atoms with van der Waals surface area (Å²) in [6.45, 7) is 0.00606. The molecule has 0 N–H and O–H groups in total. The van der Waals surface area contributed by atoms with Crippen LogP contribution in [0.15, 0.2) is 24.3 Å². The van der Waals surface area contributed by atoms with Gasteiger partial charge in [-0.25, -0.2) is 0 Å². The summed E-state index contributed by atoms with van der Waals surface area (Å²) in [5.74, 6) is 0.888. The zero-order chi connectivity index (χ0) is 9.10. The summed E-state index contributed by atoms with van der Waals surface area (Å²) in [5, 5.41) is 0. The zero-order valence-corrected chi connectivity index (χ0v) is 7.32. The molecule has 0 amide bonds. The van der Waals surface area contributed by atoms with Crippen molar-refractivity contribution in [3.8, 4) is 11.5 Å². The molecule has 0 aromatic heterocycles. The minimum Gasteiger partial charge on any atom is -0.509 e. The van der Waals surface area contributed by atoms with Crippen molar-refractivity contribution in [1.29, 1.82) is 0 Å². The molecule has 1 atom stereocenters. The number of para-hydroxylation sites is 2. The fraction of sp³-hybridized carbons (Fsp3) is 0.143. The third-order valence-electron chi connectivity index (χ3n) is 1.39. The van der Waals surface area contributed by atoms with Crippen LogP contribution in [0, 0.1) is 0 Å². The molecular formula is C7H6NO4S-. The van der Waals surface area contributed by atoms with Gasteiger partial charge < -0.3 is 18.7 Å². The van der Waals surface area contributed by atoms with E-state index in [-0.39, 0.29) is 6.73 Å². The third-order valence-corrected chi connectivity index (χ3v) is 1.94. The van der Waals surface area contributed by atoms with Gasteiger partial charge in [0.05, 0.1) is 0 Å². The predicted molar refractivity (Wildman–Crippen MR) is 45.2 cm³/mol. The molecule has 6 heteroatoms. The monoisotopic (exact) mass is 200 g/mol. The lowest BCUT2D eigenvalue weighted by atomic mass is 10.3. The first-order valence-corrected chi connectivity index (χ1v) is 4.52. The van der Waals surface area contributed by atoms with Crippen LogP contribution in [0.4, 0.5) is 0 Å². The van der Waals surface area contributed by atoms with E-state index >= 15 is 0 Å². The fourth-order valence-electron chi connectivity index (χ4n) is 0.887. The van der Waals surface area contributed by atoms with Gasteiger partial charge in [0, 0.05) is 6.73 Å². The summed E-state index contributed by atoms with van der Waals surface area (Å²) in [5.41, 5.74) is 3.36. The van der Waals surface area contributed by atoms with E-state index in [9.17, 15) is 4.21 Å². The van der Waals surface area contributed by atoms with Crippen LogP contribution in [-0.2, 0) is 15.6 Å². The van der Waals surface area contributed by atoms with Crippen molar-refractivity contribution in [2.24, 2.45) is 0 Å². The lowest BCUT2D eigenvalue weighted by molar-refractivity contribution is 0.259. The van der Waals surface area contributed by atoms with Gasteiger partial charge in [-0.3, -0.25) is 0 Å². The van der Waals surface area contributed by atoms with Gasteiger partial charge in [0.15, 0.2) is 11.5 Å². The number of rotatable bonds is 0. The van der Waals surface area contributed by atoms with E-state index in [1.165, 1.54) is 0 Å². The quantitative estimate of drug-likeness (QED) is 0.633. The maximum atomic E-state index is 10.9. The lowest BCUT2D eigenvalue weighted by Crippen LogP contribution is -2.10. The molecule has 1 aliphatic heterocycles. The predicted octanol–water partition coefficient (Wildman–Crippen LogP) is 1.30. The molecule has 1 aromatic rings. The smallest absolute Gasteiger partial charge is 0.343 e. The highest BCUT2D eigenvalue weighted by molar-refractivity contribution is 7.75. The Kier molecular flexibility index (Phi) is 2.44. The zero-order valence-electron chi connectivity index (χ0n) is 6.50. The summed E-state index contributed by atoms with van der Waals surface area (Å²) in [6, 6.07) is 6.88. The molecule has 2 rings (SSSR count). The van der Waals surface area contributed by atoms with Gasteiger partial charge in [0.2, 0.25) is 0 Å². The van der Waals surface area contributed by atoms with Crippen LogP contribution in [0.2, 0.25) is 0 Å². The topological polar surface area (TPSA) is 58.9 Å². The van der Waals surface area contributed by atoms with Crippen LogP contribution in [0.3, 0.4) is 0 Å². The van der Waals surface area contributed by atoms with Crippen molar-refractivity contribution in [2.45, 2.75) is 0 Å². The van der Waals surface area contributed by atoms with Crippen molar-refractivity contribution in [2.75, 3.05) is 6.73 Å². The SMILES string of the molecule is O=S1O[N-]COc2ccccc2O1. The molecular weight excluding hydrogens is 194 g/mol. The van der Waals surface area contributed by atoms with E-state index in [4.69, 9.17) is 8.92 Å². The molecule has 0 spiro atoms. The van der Waals surface area contributed by atoms with E-state index in [1.807, 2.05) is 0 Å². The third kappa shape index (κ3) is 1.97. The van der Waals surface area contributed by atoms with Crippen molar-refractivity contribution < 1.29 is 17.4 Å². The number of hydroxylamine groups is 1. The second kappa shape index (κ2) is 3.73. The van der Waals surface area contributed by atoms with Crippen molar-refractivity contribution in [1.82, 2.24) is 0 Å². The Morgan fingerprint density at radius 2 is 2.08 bits per heavy atom. The molecule has 0 aliphatic carbocycles. The highest BCUT2D eigenvalue weighted by Crippen LogP contribution is 2.28. The van der Waals surface area contributed by atoms with Crippen LogP contribution in [-0.4, -0.2) is 10.9 Å². The molecule has 1 aliphatic rings. The Hall–Kier alpha value is -1.11. The summed E-state index contributed by atoms with van der Waals surface area (Å²) in [6.07, 6.45) is 0. The van der Waals surface area contributed by atoms with Gasteiger partial charge in [-0.2, -0.15) is 4.21 Å². The van der Waals surface area contributed by atoms with Crippen LogP contribution in [0.25, 0.3) is 5.48 Å². The number of benzene rings is 1. The normalized spacial score (nSPS) is 21.7. The first-order valence-electron chi connectivity index (χ1n) is 3.52. The van der Waals surface area contributed by atoms with Gasteiger partial charge in [-0.05, 0) is 12.1 Å². The van der Waals surface area contributed by atoms with Crippen LogP contribution >= 0.6 is 0 Å². The second-order valence-electron chi connectivity index (χ2n) is 2.21. The largest absolute Gasteiger partial charge is 0.509 e. The van der Waals surface area contributed by atoms with Crippen LogP contribution in [0.5, 0.6) is 11.5 Å². The summed E-state index contributed by atoms with van der Waals surface area (Å²) < 4.78 is 25.3. The Morgan fingerprint density at radius 3 is 2.92 bits per heavy atom. The van der Waals surface area contributed by atoms with Crippen molar-refractivity contribution in [3.63, 3.8) is 0 Å². The van der Waals surface area contributed by atoms with Gasteiger partial charge in [0.25, 0.3) is 0 Å². The number of hydrogen-bond donors (Lipinski definition) is 0. The van der Waals surface area contributed by atoms with E-state index in [1.54, 1.807) is 24.3 Å². The molecule has 1 unspecified atom stereocenters. The van der Waals surface area contributed by atoms with Gasteiger partial charge in [-0.15, -0.1) is 0 Å². The molecule has 0 saturated heterocycles. The number of ether oxygens (including phenoxy) is 1. The van der Waals surface area contributed by atoms with E-state index < -0.39 is 11.4 Å². The average Bonchev–Trinajstić information content (AvgIpc) is 2.11. The summed E-state index contributed by atoms with van der Waals surface area (Å²) in [7, 11) is 0. The summed E-state index contributed by atoms with van der Waals surface area (Å²) in [4.78, 5) is 0. The molecule has 0 fully saturated rings. The Bertz CT molecular complexity index is 330. The number of nitrogens with zero attached hydrogens (tertiary/aromatic N) is 1. The maximum absolute atomic E-state index is 10.9. The highest BCUT2D eigenvalue weighted by Gasteiger charge is 2.08. The molecule has 1 aromatic carbocycles. The van der Waals surface area contributed by atoms with E-state index in [2.05, 4.69) is 9.76 Å². The molecule has 1 heterocycles. The van der Waals surface area contributed by atoms with E-state index in [0.29, 0.717) is 11.5 Å². The first kappa shape index (κ1) is 8.49. The molecule has 0 bridgehead atoms. The molecule has 0 saturated carbocycles. The minimum absolute atomic E-state index is 0.00606. The van der Waals surface area contributed by atoms with Gasteiger partial charge >= 0.3 is 11.4 Å². The highest BCUT2D eigenvalue weighted by atomic mass is 32.2. The van der Waals surface area contributed by atoms with E-state index in [0.717, 1.165) is 0 Å². The van der Waals surface area contributed by atoms with Gasteiger partial charge in [0.1, 0.15) is 0 Å². The Balaban J connectivity index is 2.30. The summed E-state index contributed by atoms with van der Waals surface area (Å²) >= 11 is -1.88. The second-order valence-corrected chi connectivity index (χ2v) is 2.94. The Morgan fingerprint density at radius 1 is 1.31 bits per heavy atom. The van der Waals surface area contributed by atoms with Crippen LogP contribution < -0.4 is 8.92 Å². The van der Waals surface area contributed by atoms with Gasteiger partial charge in [-0.1, -0.05) is 12.1 Å².